The zero-order valence-corrected chi connectivity index (χ0v) is 9.77. The minimum atomic E-state index is -0.281. The van der Waals surface area contributed by atoms with E-state index in [0.29, 0.717) is 11.7 Å². The maximum atomic E-state index is 13.0. The Bertz CT molecular complexity index is 524. The van der Waals surface area contributed by atoms with Crippen LogP contribution in [-0.4, -0.2) is 10.1 Å². The van der Waals surface area contributed by atoms with Gasteiger partial charge in [-0.05, 0) is 37.1 Å². The van der Waals surface area contributed by atoms with Crippen molar-refractivity contribution in [3.05, 3.63) is 35.4 Å². The van der Waals surface area contributed by atoms with Crippen LogP contribution in [-0.2, 0) is 0 Å². The van der Waals surface area contributed by atoms with E-state index in [1.807, 2.05) is 6.92 Å². The summed E-state index contributed by atoms with van der Waals surface area (Å²) in [5, 5.41) is 3.82. The molecular weight excluding hydrogens is 221 g/mol. The summed E-state index contributed by atoms with van der Waals surface area (Å²) in [6.45, 7) is 3.74. The molecule has 17 heavy (non-hydrogen) atoms. The van der Waals surface area contributed by atoms with Crippen LogP contribution in [0.25, 0.3) is 11.5 Å². The molecule has 1 unspecified atom stereocenters. The smallest absolute Gasteiger partial charge is 0.258 e. The average molecular weight is 235 g/mol. The molecule has 1 aromatic carbocycles. The highest BCUT2D eigenvalue weighted by Crippen LogP contribution is 2.23. The van der Waals surface area contributed by atoms with Gasteiger partial charge in [-0.25, -0.2) is 4.39 Å². The summed E-state index contributed by atoms with van der Waals surface area (Å²) in [6.07, 6.45) is 0.737. The number of nitrogens with two attached hydrogens (primary N) is 1. The largest absolute Gasteiger partial charge is 0.334 e. The van der Waals surface area contributed by atoms with Crippen LogP contribution >= 0.6 is 0 Å². The van der Waals surface area contributed by atoms with Crippen LogP contribution in [0, 0.1) is 12.7 Å². The second kappa shape index (κ2) is 4.63. The van der Waals surface area contributed by atoms with Gasteiger partial charge in [-0.2, -0.15) is 4.98 Å². The van der Waals surface area contributed by atoms with Gasteiger partial charge < -0.3 is 10.3 Å². The summed E-state index contributed by atoms with van der Waals surface area (Å²) in [5.41, 5.74) is 7.29. The molecule has 0 saturated heterocycles. The Labute approximate surface area is 98.6 Å². The van der Waals surface area contributed by atoms with Gasteiger partial charge in [0.1, 0.15) is 5.82 Å². The van der Waals surface area contributed by atoms with E-state index in [1.165, 1.54) is 12.1 Å². The molecule has 0 amide bonds. The van der Waals surface area contributed by atoms with Crippen molar-refractivity contribution < 1.29 is 8.91 Å². The lowest BCUT2D eigenvalue weighted by atomic mass is 10.1. The van der Waals surface area contributed by atoms with E-state index >= 15 is 0 Å². The van der Waals surface area contributed by atoms with E-state index in [4.69, 9.17) is 10.3 Å². The first kappa shape index (κ1) is 11.7. The van der Waals surface area contributed by atoms with E-state index in [9.17, 15) is 4.39 Å². The summed E-state index contributed by atoms with van der Waals surface area (Å²) < 4.78 is 18.1. The van der Waals surface area contributed by atoms with Crippen molar-refractivity contribution in [2.75, 3.05) is 0 Å². The Morgan fingerprint density at radius 2 is 2.24 bits per heavy atom. The Kier molecular flexibility index (Phi) is 3.19. The van der Waals surface area contributed by atoms with Crippen LogP contribution in [0.3, 0.4) is 0 Å². The van der Waals surface area contributed by atoms with Crippen molar-refractivity contribution in [1.82, 2.24) is 10.1 Å². The Balaban J connectivity index is 2.37. The molecule has 5 heteroatoms. The lowest BCUT2D eigenvalue weighted by Crippen LogP contribution is -2.10. The standard InChI is InChI=1S/C12H14FN3O/c1-3-10(14)11-15-12(17-16-11)9-5-4-8(13)6-7(9)2/h4-6,10H,3,14H2,1-2H3. The quantitative estimate of drug-likeness (QED) is 0.888. The third-order valence-electron chi connectivity index (χ3n) is 2.63. The van der Waals surface area contributed by atoms with Crippen LogP contribution in [0.1, 0.15) is 30.8 Å². The summed E-state index contributed by atoms with van der Waals surface area (Å²) in [7, 11) is 0. The Morgan fingerprint density at radius 3 is 2.88 bits per heavy atom. The first-order chi connectivity index (χ1) is 8.11. The van der Waals surface area contributed by atoms with Gasteiger partial charge in [-0.15, -0.1) is 0 Å². The molecule has 2 aromatic rings. The van der Waals surface area contributed by atoms with Crippen LogP contribution in [0.2, 0.25) is 0 Å². The molecular formula is C12H14FN3O. The van der Waals surface area contributed by atoms with Crippen molar-refractivity contribution in [2.24, 2.45) is 5.73 Å². The van der Waals surface area contributed by atoms with Crippen LogP contribution < -0.4 is 5.73 Å². The third-order valence-corrected chi connectivity index (χ3v) is 2.63. The monoisotopic (exact) mass is 235 g/mol. The molecule has 2 rings (SSSR count). The maximum absolute atomic E-state index is 13.0. The fourth-order valence-corrected chi connectivity index (χ4v) is 1.54. The van der Waals surface area contributed by atoms with Crippen LogP contribution in [0.5, 0.6) is 0 Å². The number of benzene rings is 1. The fourth-order valence-electron chi connectivity index (χ4n) is 1.54. The first-order valence-electron chi connectivity index (χ1n) is 5.47. The summed E-state index contributed by atoms with van der Waals surface area (Å²) in [5.74, 6) is 0.573. The van der Waals surface area contributed by atoms with Crippen molar-refractivity contribution >= 4 is 0 Å². The Hall–Kier alpha value is -1.75. The predicted molar refractivity (Wildman–Crippen MR) is 61.6 cm³/mol. The molecule has 0 aliphatic rings. The Morgan fingerprint density at radius 1 is 1.47 bits per heavy atom. The van der Waals surface area contributed by atoms with Gasteiger partial charge in [0.2, 0.25) is 0 Å². The highest BCUT2D eigenvalue weighted by Gasteiger charge is 2.15. The molecule has 2 N–H and O–H groups in total. The summed E-state index contributed by atoms with van der Waals surface area (Å²) in [6, 6.07) is 4.19. The molecule has 90 valence electrons. The first-order valence-corrected chi connectivity index (χ1v) is 5.47. The number of aryl methyl sites for hydroxylation is 1. The number of rotatable bonds is 3. The maximum Gasteiger partial charge on any atom is 0.258 e. The summed E-state index contributed by atoms with van der Waals surface area (Å²) >= 11 is 0. The lowest BCUT2D eigenvalue weighted by molar-refractivity contribution is 0.415. The normalized spacial score (nSPS) is 12.7. The molecule has 0 aliphatic heterocycles. The highest BCUT2D eigenvalue weighted by atomic mass is 19.1. The molecule has 0 bridgehead atoms. The van der Waals surface area contributed by atoms with Crippen LogP contribution in [0.15, 0.2) is 22.7 Å². The van der Waals surface area contributed by atoms with E-state index in [0.717, 1.165) is 17.5 Å². The van der Waals surface area contributed by atoms with E-state index in [-0.39, 0.29) is 11.9 Å². The topological polar surface area (TPSA) is 64.9 Å². The van der Waals surface area contributed by atoms with E-state index in [2.05, 4.69) is 10.1 Å². The zero-order chi connectivity index (χ0) is 12.4. The number of hydrogen-bond acceptors (Lipinski definition) is 4. The molecule has 4 nitrogen and oxygen atoms in total. The van der Waals surface area contributed by atoms with Crippen molar-refractivity contribution in [2.45, 2.75) is 26.3 Å². The molecule has 0 fully saturated rings. The van der Waals surface area contributed by atoms with Crippen molar-refractivity contribution in [3.8, 4) is 11.5 Å². The molecule has 0 aliphatic carbocycles. The summed E-state index contributed by atoms with van der Waals surface area (Å²) in [4.78, 5) is 4.22. The molecule has 0 radical (unpaired) electrons. The van der Waals surface area contributed by atoms with Crippen LogP contribution in [0.4, 0.5) is 4.39 Å². The number of hydrogen-bond donors (Lipinski definition) is 1. The average Bonchev–Trinajstić information content (AvgIpc) is 2.77. The minimum Gasteiger partial charge on any atom is -0.334 e. The predicted octanol–water partition coefficient (Wildman–Crippen LogP) is 2.59. The fraction of sp³-hybridized carbons (Fsp3) is 0.333. The van der Waals surface area contributed by atoms with Gasteiger partial charge >= 0.3 is 0 Å². The number of aromatic nitrogens is 2. The highest BCUT2D eigenvalue weighted by molar-refractivity contribution is 5.57. The third kappa shape index (κ3) is 2.34. The lowest BCUT2D eigenvalue weighted by Gasteiger charge is -2.01. The molecule has 1 heterocycles. The molecule has 0 spiro atoms. The number of nitrogens with zero attached hydrogens (tertiary/aromatic N) is 2. The van der Waals surface area contributed by atoms with Crippen molar-refractivity contribution in [3.63, 3.8) is 0 Å². The zero-order valence-electron chi connectivity index (χ0n) is 9.77. The van der Waals surface area contributed by atoms with Gasteiger partial charge in [-0.3, -0.25) is 0 Å². The minimum absolute atomic E-state index is 0.228. The van der Waals surface area contributed by atoms with Gasteiger partial charge in [0.25, 0.3) is 5.89 Å². The van der Waals surface area contributed by atoms with Crippen molar-refractivity contribution in [1.29, 1.82) is 0 Å². The number of halogens is 1. The molecule has 1 aromatic heterocycles. The van der Waals surface area contributed by atoms with E-state index < -0.39 is 0 Å². The van der Waals surface area contributed by atoms with Gasteiger partial charge in [0.15, 0.2) is 5.82 Å². The second-order valence-corrected chi connectivity index (χ2v) is 3.93. The SMILES string of the molecule is CCC(N)c1noc(-c2ccc(F)cc2C)n1. The molecule has 1 atom stereocenters. The van der Waals surface area contributed by atoms with Gasteiger partial charge in [0.05, 0.1) is 6.04 Å². The van der Waals surface area contributed by atoms with Gasteiger partial charge in [0, 0.05) is 5.56 Å². The van der Waals surface area contributed by atoms with E-state index in [1.54, 1.807) is 13.0 Å². The van der Waals surface area contributed by atoms with Gasteiger partial charge in [-0.1, -0.05) is 12.1 Å². The molecule has 0 saturated carbocycles. The second-order valence-electron chi connectivity index (χ2n) is 3.93.